The molecule has 0 amide bonds. The highest BCUT2D eigenvalue weighted by Crippen LogP contribution is 2.31. The standard InChI is InChI=1S/C26H30ClN3O2S.C2H6/c1-2-3-17-4-6-22-20(10-17)26(21(27)14-29-22)23(31)16-30-8-9-32-19(15-30)13-28-12-18-5-7-24-25(11-18)33-24;1-2/h4-7,10-11,14,19,23,28,31H,2-3,8-9,12-13,15-16H2,1H3;1-2H3. The van der Waals surface area contributed by atoms with Gasteiger partial charge in [-0.25, -0.2) is 0 Å². The van der Waals surface area contributed by atoms with E-state index in [-0.39, 0.29) is 6.10 Å². The van der Waals surface area contributed by atoms with Crippen molar-refractivity contribution in [1.82, 2.24) is 15.2 Å². The Morgan fingerprint density at radius 1 is 1.20 bits per heavy atom. The summed E-state index contributed by atoms with van der Waals surface area (Å²) in [6.07, 6.45) is 3.15. The summed E-state index contributed by atoms with van der Waals surface area (Å²) in [4.78, 5) is 6.74. The van der Waals surface area contributed by atoms with Crippen LogP contribution < -0.4 is 5.32 Å². The Morgan fingerprint density at radius 2 is 2.03 bits per heavy atom. The molecule has 3 aromatic rings. The van der Waals surface area contributed by atoms with Gasteiger partial charge in [0.1, 0.15) is 0 Å². The summed E-state index contributed by atoms with van der Waals surface area (Å²) in [6.45, 7) is 10.6. The zero-order chi connectivity index (χ0) is 24.8. The fourth-order valence-electron chi connectivity index (χ4n) is 4.62. The van der Waals surface area contributed by atoms with Crippen molar-refractivity contribution < 1.29 is 9.84 Å². The lowest BCUT2D eigenvalue weighted by Crippen LogP contribution is -2.47. The number of halogens is 1. The molecule has 188 valence electrons. The molecule has 0 radical (unpaired) electrons. The summed E-state index contributed by atoms with van der Waals surface area (Å²) in [7, 11) is 1.85. The van der Waals surface area contributed by atoms with Crippen LogP contribution in [0.1, 0.15) is 50.0 Å². The van der Waals surface area contributed by atoms with E-state index in [2.05, 4.69) is 52.5 Å². The fraction of sp³-hybridized carbons (Fsp3) is 0.464. The second-order valence-corrected chi connectivity index (χ2v) is 10.4. The molecule has 7 heteroatoms. The van der Waals surface area contributed by atoms with E-state index in [1.807, 2.05) is 30.9 Å². The minimum absolute atomic E-state index is 0.102. The van der Waals surface area contributed by atoms with Crippen molar-refractivity contribution in [1.29, 1.82) is 0 Å². The molecule has 2 N–H and O–H groups in total. The fourth-order valence-corrected chi connectivity index (χ4v) is 5.56. The Bertz CT molecular complexity index is 1300. The van der Waals surface area contributed by atoms with Gasteiger partial charge < -0.3 is 15.2 Å². The predicted molar refractivity (Wildman–Crippen MR) is 147 cm³/mol. The second-order valence-electron chi connectivity index (χ2n) is 8.90. The van der Waals surface area contributed by atoms with Crippen LogP contribution in [0.4, 0.5) is 0 Å². The van der Waals surface area contributed by atoms with Crippen LogP contribution in [0.25, 0.3) is 10.9 Å². The molecule has 2 atom stereocenters. The number of pyridine rings is 1. The van der Waals surface area contributed by atoms with Gasteiger partial charge in [0, 0.05) is 58.9 Å². The normalized spacial score (nSPS) is 17.8. The van der Waals surface area contributed by atoms with Crippen LogP contribution in [0.5, 0.6) is 0 Å². The molecule has 1 aromatic heterocycles. The summed E-state index contributed by atoms with van der Waals surface area (Å²) in [5.41, 5.74) is 4.21. The summed E-state index contributed by atoms with van der Waals surface area (Å²) >= 11 is 6.54. The van der Waals surface area contributed by atoms with E-state index in [4.69, 9.17) is 16.3 Å². The predicted octanol–water partition coefficient (Wildman–Crippen LogP) is 5.64. The van der Waals surface area contributed by atoms with Gasteiger partial charge in [-0.15, -0.1) is 10.9 Å². The van der Waals surface area contributed by atoms with Gasteiger partial charge in [0.15, 0.2) is 0 Å². The largest absolute Gasteiger partial charge is 0.387 e. The molecule has 0 saturated carbocycles. The lowest BCUT2D eigenvalue weighted by molar-refractivity contribution is -0.0394. The molecule has 1 fully saturated rings. The molecular formula is C28H36ClN3O2S. The number of ether oxygens (including phenoxy) is 1. The average molecular weight is 514 g/mol. The maximum absolute atomic E-state index is 11.2. The topological polar surface area (TPSA) is 57.6 Å². The molecule has 5 nitrogen and oxygen atoms in total. The van der Waals surface area contributed by atoms with E-state index in [1.165, 1.54) is 20.1 Å². The monoisotopic (exact) mass is 513 g/mol. The number of aliphatic hydroxyl groups is 1. The Morgan fingerprint density at radius 3 is 2.83 bits per heavy atom. The molecule has 3 heterocycles. The van der Waals surface area contributed by atoms with Crippen molar-refractivity contribution >= 4 is 33.4 Å². The van der Waals surface area contributed by atoms with E-state index in [0.29, 0.717) is 18.2 Å². The highest BCUT2D eigenvalue weighted by Gasteiger charge is 2.25. The number of hydrogen-bond acceptors (Lipinski definition) is 5. The molecule has 5 rings (SSSR count). The Hall–Kier alpha value is -1.80. The summed E-state index contributed by atoms with van der Waals surface area (Å²) < 4.78 is 8.77. The number of benzene rings is 2. The summed E-state index contributed by atoms with van der Waals surface area (Å²) in [5.74, 6) is 0. The maximum atomic E-state index is 11.2. The first kappa shape index (κ1) is 26.3. The highest BCUT2D eigenvalue weighted by molar-refractivity contribution is 7.87. The number of fused-ring (bicyclic) bond motifs is 2. The third-order valence-corrected chi connectivity index (χ3v) is 7.57. The quantitative estimate of drug-likeness (QED) is 0.284. The van der Waals surface area contributed by atoms with E-state index >= 15 is 0 Å². The number of aromatic nitrogens is 1. The molecular weight excluding hydrogens is 478 g/mol. The SMILES string of the molecule is CC.CCCc1ccc2ncc(Cl)c(C(O)CN3CCOC(CNCc4ccc5c(c4)=S=5)C3)c2c1. The second kappa shape index (κ2) is 12.4. The van der Waals surface area contributed by atoms with Gasteiger partial charge >= 0.3 is 0 Å². The van der Waals surface area contributed by atoms with Gasteiger partial charge in [0.2, 0.25) is 0 Å². The van der Waals surface area contributed by atoms with Crippen LogP contribution in [0.3, 0.4) is 0 Å². The van der Waals surface area contributed by atoms with Gasteiger partial charge in [0.25, 0.3) is 0 Å². The van der Waals surface area contributed by atoms with Crippen LogP contribution in [-0.4, -0.2) is 53.9 Å². The van der Waals surface area contributed by atoms with Gasteiger partial charge in [-0.1, -0.05) is 50.9 Å². The first-order valence-corrected chi connectivity index (χ1v) is 13.9. The number of nitrogens with one attached hydrogen (secondary N) is 1. The van der Waals surface area contributed by atoms with Crippen molar-refractivity contribution in [3.8, 4) is 0 Å². The molecule has 2 aliphatic heterocycles. The molecule has 2 unspecified atom stereocenters. The van der Waals surface area contributed by atoms with Gasteiger partial charge in [-0.3, -0.25) is 9.88 Å². The van der Waals surface area contributed by atoms with Gasteiger partial charge in [0.05, 0.1) is 29.4 Å². The number of aryl methyl sites for hydroxylation is 1. The summed E-state index contributed by atoms with van der Waals surface area (Å²) in [6, 6.07) is 12.9. The van der Waals surface area contributed by atoms with Crippen LogP contribution in [0.2, 0.25) is 5.02 Å². The number of aliphatic hydroxyl groups excluding tert-OH is 1. The Balaban J connectivity index is 0.00000141. The van der Waals surface area contributed by atoms with Crippen molar-refractivity contribution in [3.63, 3.8) is 0 Å². The number of morpholine rings is 1. The molecule has 1 saturated heterocycles. The van der Waals surface area contributed by atoms with Crippen molar-refractivity contribution in [2.45, 2.75) is 52.4 Å². The third kappa shape index (κ3) is 6.70. The van der Waals surface area contributed by atoms with Crippen molar-refractivity contribution in [3.05, 3.63) is 73.3 Å². The van der Waals surface area contributed by atoms with E-state index in [0.717, 1.165) is 55.5 Å². The molecule has 35 heavy (non-hydrogen) atoms. The van der Waals surface area contributed by atoms with Crippen LogP contribution in [0, 0.1) is 9.02 Å². The number of β-amino-alcohol motifs (C(OH)–C–C–N with tert-alkyl or cyclic N) is 1. The summed E-state index contributed by atoms with van der Waals surface area (Å²) in [5, 5.41) is 16.2. The lowest BCUT2D eigenvalue weighted by atomic mass is 9.99. The minimum Gasteiger partial charge on any atom is -0.387 e. The Labute approximate surface area is 216 Å². The first-order chi connectivity index (χ1) is 17.1. The highest BCUT2D eigenvalue weighted by atomic mass is 35.5. The molecule has 0 aliphatic carbocycles. The van der Waals surface area contributed by atoms with E-state index < -0.39 is 6.10 Å². The molecule has 2 aliphatic rings. The van der Waals surface area contributed by atoms with Crippen LogP contribution in [-0.2, 0) is 17.7 Å². The van der Waals surface area contributed by atoms with Crippen molar-refractivity contribution in [2.75, 3.05) is 32.8 Å². The van der Waals surface area contributed by atoms with E-state index in [1.54, 1.807) is 6.20 Å². The average Bonchev–Trinajstić information content (AvgIpc) is 3.64. The zero-order valence-electron chi connectivity index (χ0n) is 20.9. The van der Waals surface area contributed by atoms with Crippen molar-refractivity contribution in [2.24, 2.45) is 0 Å². The van der Waals surface area contributed by atoms with Gasteiger partial charge in [-0.05, 0) is 41.8 Å². The number of nitrogens with zero attached hydrogens (tertiary/aromatic N) is 2. The number of rotatable bonds is 9. The minimum atomic E-state index is -0.678. The molecule has 0 bridgehead atoms. The van der Waals surface area contributed by atoms with Crippen LogP contribution in [0.15, 0.2) is 42.6 Å². The zero-order valence-corrected chi connectivity index (χ0v) is 22.5. The van der Waals surface area contributed by atoms with Crippen LogP contribution >= 0.6 is 22.5 Å². The molecule has 0 spiro atoms. The lowest BCUT2D eigenvalue weighted by Gasteiger charge is -2.34. The molecule has 2 aromatic carbocycles. The van der Waals surface area contributed by atoms with E-state index in [9.17, 15) is 5.11 Å². The van der Waals surface area contributed by atoms with Gasteiger partial charge in [-0.2, -0.15) is 0 Å². The number of hydrogen-bond donors (Lipinski definition) is 2. The smallest absolute Gasteiger partial charge is 0.0938 e. The Kier molecular flexibility index (Phi) is 9.34. The third-order valence-electron chi connectivity index (χ3n) is 6.34. The first-order valence-electron chi connectivity index (χ1n) is 12.7. The maximum Gasteiger partial charge on any atom is 0.0938 e.